The van der Waals surface area contributed by atoms with Gasteiger partial charge in [-0.05, 0) is 19.2 Å². The highest BCUT2D eigenvalue weighted by Gasteiger charge is 2.15. The Morgan fingerprint density at radius 3 is 2.56 bits per heavy atom. The van der Waals surface area contributed by atoms with Crippen molar-refractivity contribution in [3.63, 3.8) is 0 Å². The molecule has 0 aromatic heterocycles. The van der Waals surface area contributed by atoms with E-state index in [1.165, 1.54) is 11.9 Å². The van der Waals surface area contributed by atoms with Crippen LogP contribution in [0, 0.1) is 0 Å². The number of carbonyl (C=O) groups excluding carboxylic acids is 2. The lowest BCUT2D eigenvalue weighted by atomic mass is 10.1. The molecule has 1 aromatic rings. The van der Waals surface area contributed by atoms with Crippen molar-refractivity contribution in [3.8, 4) is 0 Å². The average Bonchev–Trinajstić information content (AvgIpc) is 2.28. The van der Waals surface area contributed by atoms with E-state index < -0.39 is 6.03 Å². The van der Waals surface area contributed by atoms with Gasteiger partial charge in [-0.3, -0.25) is 9.69 Å². The van der Waals surface area contributed by atoms with E-state index in [0.717, 1.165) is 0 Å². The number of nitrogens with one attached hydrogen (secondary N) is 1. The summed E-state index contributed by atoms with van der Waals surface area (Å²) in [7, 11) is 3.23. The van der Waals surface area contributed by atoms with Crippen LogP contribution in [0.15, 0.2) is 24.3 Å². The summed E-state index contributed by atoms with van der Waals surface area (Å²) in [5.41, 5.74) is 6.18. The fraction of sp³-hybridized carbons (Fsp3) is 0.273. The Balaban J connectivity index is 3.09. The van der Waals surface area contributed by atoms with E-state index in [9.17, 15) is 9.59 Å². The number of urea groups is 1. The summed E-state index contributed by atoms with van der Waals surface area (Å²) in [6.45, 7) is 0.226. The fourth-order valence-electron chi connectivity index (χ4n) is 1.38. The summed E-state index contributed by atoms with van der Waals surface area (Å²) in [4.78, 5) is 24.1. The van der Waals surface area contributed by atoms with E-state index >= 15 is 0 Å². The second-order valence-corrected chi connectivity index (χ2v) is 3.37. The highest BCUT2D eigenvalue weighted by Crippen LogP contribution is 2.19. The summed E-state index contributed by atoms with van der Waals surface area (Å²) in [6, 6.07) is 6.28. The van der Waals surface area contributed by atoms with Crippen molar-refractivity contribution in [1.82, 2.24) is 5.32 Å². The van der Waals surface area contributed by atoms with E-state index in [2.05, 4.69) is 5.32 Å². The number of amides is 2. The molecule has 0 aliphatic heterocycles. The number of para-hydroxylation sites is 1. The number of nitrogens with two attached hydrogens (primary N) is 1. The van der Waals surface area contributed by atoms with Gasteiger partial charge in [0.25, 0.3) is 0 Å². The molecule has 0 atom stereocenters. The van der Waals surface area contributed by atoms with Gasteiger partial charge in [0.1, 0.15) is 0 Å². The normalized spacial score (nSPS) is 9.88. The molecule has 5 nitrogen and oxygen atoms in total. The molecule has 3 N–H and O–H groups in total. The number of carbonyl (C=O) groups is 2. The van der Waals surface area contributed by atoms with Gasteiger partial charge < -0.3 is 11.1 Å². The standard InChI is InChI=1S/C11H15N3O2/c1-13-7-10(15)8-5-3-4-6-9(8)14(2)11(12)16/h3-6,13H,7H2,1-2H3,(H2,12,16). The van der Waals surface area contributed by atoms with Gasteiger partial charge in [0.2, 0.25) is 0 Å². The molecule has 0 spiro atoms. The first-order valence-corrected chi connectivity index (χ1v) is 4.88. The first-order valence-electron chi connectivity index (χ1n) is 4.88. The van der Waals surface area contributed by atoms with Crippen molar-refractivity contribution in [2.75, 3.05) is 25.5 Å². The molecule has 1 rings (SSSR count). The summed E-state index contributed by atoms with van der Waals surface area (Å²) < 4.78 is 0. The zero-order valence-electron chi connectivity index (χ0n) is 9.36. The van der Waals surface area contributed by atoms with Crippen LogP contribution >= 0.6 is 0 Å². The fourth-order valence-corrected chi connectivity index (χ4v) is 1.38. The Bertz CT molecular complexity index is 404. The van der Waals surface area contributed by atoms with Crippen molar-refractivity contribution in [1.29, 1.82) is 0 Å². The van der Waals surface area contributed by atoms with Crippen molar-refractivity contribution >= 4 is 17.5 Å². The molecule has 0 radical (unpaired) electrons. The molecule has 0 saturated carbocycles. The third kappa shape index (κ3) is 2.58. The molecule has 0 saturated heterocycles. The van der Waals surface area contributed by atoms with Crippen molar-refractivity contribution in [2.24, 2.45) is 5.73 Å². The Kier molecular flexibility index (Phi) is 4.02. The highest BCUT2D eigenvalue weighted by atomic mass is 16.2. The predicted molar refractivity (Wildman–Crippen MR) is 62.7 cm³/mol. The number of primary amides is 1. The van der Waals surface area contributed by atoms with Gasteiger partial charge in [-0.1, -0.05) is 12.1 Å². The minimum Gasteiger partial charge on any atom is -0.351 e. The van der Waals surface area contributed by atoms with Gasteiger partial charge in [0.05, 0.1) is 12.2 Å². The number of nitrogens with zero attached hydrogens (tertiary/aromatic N) is 1. The maximum atomic E-state index is 11.8. The van der Waals surface area contributed by atoms with Gasteiger partial charge in [-0.15, -0.1) is 0 Å². The number of ketones is 1. The SMILES string of the molecule is CNCC(=O)c1ccccc1N(C)C(N)=O. The molecule has 0 aliphatic rings. The number of Topliss-reactive ketones (excluding diaryl/α,β-unsaturated/α-hetero) is 1. The van der Waals surface area contributed by atoms with Crippen LogP contribution in [0.3, 0.4) is 0 Å². The molecule has 0 fully saturated rings. The van der Waals surface area contributed by atoms with Gasteiger partial charge >= 0.3 is 6.03 Å². The topological polar surface area (TPSA) is 75.4 Å². The van der Waals surface area contributed by atoms with Crippen molar-refractivity contribution in [2.45, 2.75) is 0 Å². The van der Waals surface area contributed by atoms with E-state index in [-0.39, 0.29) is 12.3 Å². The van der Waals surface area contributed by atoms with Crippen molar-refractivity contribution < 1.29 is 9.59 Å². The smallest absolute Gasteiger partial charge is 0.319 e. The minimum atomic E-state index is -0.593. The summed E-state index contributed by atoms with van der Waals surface area (Å²) >= 11 is 0. The zero-order chi connectivity index (χ0) is 12.1. The van der Waals surface area contributed by atoms with Crippen molar-refractivity contribution in [3.05, 3.63) is 29.8 Å². The van der Waals surface area contributed by atoms with E-state index in [0.29, 0.717) is 11.3 Å². The molecule has 0 bridgehead atoms. The van der Waals surface area contributed by atoms with Gasteiger partial charge in [-0.2, -0.15) is 0 Å². The second kappa shape index (κ2) is 5.27. The Morgan fingerprint density at radius 2 is 2.00 bits per heavy atom. The molecular formula is C11H15N3O2. The summed E-state index contributed by atoms with van der Waals surface area (Å²) in [6.07, 6.45) is 0. The van der Waals surface area contributed by atoms with Crippen LogP contribution in [0.2, 0.25) is 0 Å². The van der Waals surface area contributed by atoms with E-state index in [1.54, 1.807) is 31.3 Å². The molecule has 2 amide bonds. The lowest BCUT2D eigenvalue weighted by Gasteiger charge is -2.17. The molecule has 16 heavy (non-hydrogen) atoms. The van der Waals surface area contributed by atoms with Crippen LogP contribution in [-0.4, -0.2) is 32.5 Å². The van der Waals surface area contributed by atoms with Gasteiger partial charge in [0.15, 0.2) is 5.78 Å². The molecule has 0 aliphatic carbocycles. The first kappa shape index (κ1) is 12.2. The number of likely N-dealkylation sites (N-methyl/N-ethyl adjacent to an activating group) is 1. The predicted octanol–water partition coefficient (Wildman–Crippen LogP) is 0.604. The Labute approximate surface area is 94.2 Å². The first-order chi connectivity index (χ1) is 7.57. The summed E-state index contributed by atoms with van der Waals surface area (Å²) in [5, 5.41) is 2.78. The average molecular weight is 221 g/mol. The lowest BCUT2D eigenvalue weighted by Crippen LogP contribution is -2.33. The third-order valence-electron chi connectivity index (χ3n) is 2.23. The van der Waals surface area contributed by atoms with Crippen LogP contribution in [0.5, 0.6) is 0 Å². The van der Waals surface area contributed by atoms with Crippen LogP contribution in [0.1, 0.15) is 10.4 Å². The quantitative estimate of drug-likeness (QED) is 0.731. The maximum Gasteiger partial charge on any atom is 0.319 e. The Morgan fingerprint density at radius 1 is 1.38 bits per heavy atom. The third-order valence-corrected chi connectivity index (χ3v) is 2.23. The molecule has 1 aromatic carbocycles. The molecule has 86 valence electrons. The van der Waals surface area contributed by atoms with E-state index in [1.807, 2.05) is 0 Å². The second-order valence-electron chi connectivity index (χ2n) is 3.37. The van der Waals surface area contributed by atoms with Crippen LogP contribution in [0.25, 0.3) is 0 Å². The zero-order valence-corrected chi connectivity index (χ0v) is 9.36. The monoisotopic (exact) mass is 221 g/mol. The number of hydrogen-bond acceptors (Lipinski definition) is 3. The number of anilines is 1. The van der Waals surface area contributed by atoms with Gasteiger partial charge in [0, 0.05) is 12.6 Å². The number of rotatable bonds is 4. The summed E-state index contributed by atoms with van der Waals surface area (Å²) in [5.74, 6) is -0.0776. The number of benzene rings is 1. The van der Waals surface area contributed by atoms with Crippen LogP contribution < -0.4 is 16.0 Å². The van der Waals surface area contributed by atoms with Crippen LogP contribution in [-0.2, 0) is 0 Å². The Hall–Kier alpha value is -1.88. The largest absolute Gasteiger partial charge is 0.351 e. The van der Waals surface area contributed by atoms with Gasteiger partial charge in [-0.25, -0.2) is 4.79 Å². The maximum absolute atomic E-state index is 11.8. The molecule has 0 heterocycles. The molecule has 5 heteroatoms. The highest BCUT2D eigenvalue weighted by molar-refractivity contribution is 6.05. The number of hydrogen-bond donors (Lipinski definition) is 2. The molecule has 0 unspecified atom stereocenters. The lowest BCUT2D eigenvalue weighted by molar-refractivity contribution is 0.0994. The minimum absolute atomic E-state index is 0.0776. The van der Waals surface area contributed by atoms with Crippen LogP contribution in [0.4, 0.5) is 10.5 Å². The van der Waals surface area contributed by atoms with E-state index in [4.69, 9.17) is 5.73 Å². The molecular weight excluding hydrogens is 206 g/mol.